The molecule has 1 N–H and O–H groups in total. The van der Waals surface area contributed by atoms with E-state index in [2.05, 4.69) is 10.4 Å². The van der Waals surface area contributed by atoms with Gasteiger partial charge in [0.15, 0.2) is 5.69 Å². The molecular weight excluding hydrogens is 359 g/mol. The Morgan fingerprint density at radius 2 is 1.85 bits per heavy atom. The van der Waals surface area contributed by atoms with Crippen LogP contribution in [0.25, 0.3) is 0 Å². The molecule has 0 saturated heterocycles. The minimum absolute atomic E-state index is 0.0974. The topological polar surface area (TPSA) is 56.1 Å². The van der Waals surface area contributed by atoms with Crippen LogP contribution < -0.4 is 10.1 Å². The molecule has 0 aliphatic carbocycles. The number of aromatic nitrogens is 2. The van der Waals surface area contributed by atoms with E-state index in [0.717, 1.165) is 22.2 Å². The maximum Gasteiger partial charge on any atom is 0.435 e. The summed E-state index contributed by atoms with van der Waals surface area (Å²) >= 11 is 0. The summed E-state index contributed by atoms with van der Waals surface area (Å²) in [5.74, 6) is 0.00923. The van der Waals surface area contributed by atoms with Gasteiger partial charge in [-0.25, -0.2) is 0 Å². The van der Waals surface area contributed by atoms with Crippen molar-refractivity contribution in [2.24, 2.45) is 7.05 Å². The first-order chi connectivity index (χ1) is 12.6. The van der Waals surface area contributed by atoms with Gasteiger partial charge in [-0.2, -0.15) is 18.3 Å². The molecule has 2 rings (SSSR count). The average Bonchev–Trinajstić information content (AvgIpc) is 2.96. The highest BCUT2D eigenvalue weighted by atomic mass is 19.4. The standard InChI is InChI=1S/C19H24F3N3O2/c1-12(2)27-15-9-7-14(8-10-15)6-5-13(3)23-18(26)16-11-25(4)24-17(16)19(20,21)22/h7-13H,5-6H2,1-4H3,(H,23,26). The number of hydrogen-bond acceptors (Lipinski definition) is 3. The van der Waals surface area contributed by atoms with Gasteiger partial charge in [0.25, 0.3) is 5.91 Å². The summed E-state index contributed by atoms with van der Waals surface area (Å²) in [4.78, 5) is 12.2. The van der Waals surface area contributed by atoms with Gasteiger partial charge in [0.1, 0.15) is 5.75 Å². The molecule has 0 bridgehead atoms. The Bertz CT molecular complexity index is 767. The molecule has 1 heterocycles. The zero-order valence-electron chi connectivity index (χ0n) is 15.8. The summed E-state index contributed by atoms with van der Waals surface area (Å²) in [5.41, 5.74) is -0.577. The fourth-order valence-electron chi connectivity index (χ4n) is 2.63. The minimum Gasteiger partial charge on any atom is -0.491 e. The second kappa shape index (κ2) is 8.45. The number of hydrogen-bond donors (Lipinski definition) is 1. The third kappa shape index (κ3) is 6.01. The van der Waals surface area contributed by atoms with Crippen molar-refractivity contribution in [1.29, 1.82) is 0 Å². The molecule has 27 heavy (non-hydrogen) atoms. The maximum absolute atomic E-state index is 13.0. The predicted molar refractivity (Wildman–Crippen MR) is 95.7 cm³/mol. The van der Waals surface area contributed by atoms with E-state index >= 15 is 0 Å². The van der Waals surface area contributed by atoms with Gasteiger partial charge in [0, 0.05) is 19.3 Å². The normalized spacial score (nSPS) is 12.9. The van der Waals surface area contributed by atoms with Crippen LogP contribution >= 0.6 is 0 Å². The van der Waals surface area contributed by atoms with Crippen LogP contribution in [0.15, 0.2) is 30.5 Å². The molecule has 0 aliphatic heterocycles. The highest BCUT2D eigenvalue weighted by molar-refractivity contribution is 5.95. The lowest BCUT2D eigenvalue weighted by molar-refractivity contribution is -0.141. The highest BCUT2D eigenvalue weighted by Crippen LogP contribution is 2.30. The summed E-state index contributed by atoms with van der Waals surface area (Å²) in [6, 6.07) is 7.35. The molecule has 0 aliphatic rings. The monoisotopic (exact) mass is 383 g/mol. The molecule has 0 radical (unpaired) electrons. The third-order valence-corrected chi connectivity index (χ3v) is 3.88. The van der Waals surface area contributed by atoms with Crippen molar-refractivity contribution in [1.82, 2.24) is 15.1 Å². The van der Waals surface area contributed by atoms with Crippen LogP contribution in [-0.4, -0.2) is 27.8 Å². The van der Waals surface area contributed by atoms with Gasteiger partial charge in [-0.05, 0) is 51.3 Å². The van der Waals surface area contributed by atoms with Crippen LogP contribution in [0.1, 0.15) is 48.8 Å². The van der Waals surface area contributed by atoms with Crippen molar-refractivity contribution >= 4 is 5.91 Å². The van der Waals surface area contributed by atoms with E-state index in [1.165, 1.54) is 7.05 Å². The number of amides is 1. The summed E-state index contributed by atoms with van der Waals surface area (Å²) < 4.78 is 45.5. The van der Waals surface area contributed by atoms with Gasteiger partial charge in [0.05, 0.1) is 11.7 Å². The number of carbonyl (C=O) groups is 1. The Kier molecular flexibility index (Phi) is 6.51. The fraction of sp³-hybridized carbons (Fsp3) is 0.474. The van der Waals surface area contributed by atoms with E-state index < -0.39 is 23.3 Å². The Morgan fingerprint density at radius 3 is 2.41 bits per heavy atom. The maximum atomic E-state index is 13.0. The molecule has 0 saturated carbocycles. The molecule has 8 heteroatoms. The summed E-state index contributed by atoms with van der Waals surface area (Å²) in [7, 11) is 1.35. The van der Waals surface area contributed by atoms with Gasteiger partial charge >= 0.3 is 6.18 Å². The largest absolute Gasteiger partial charge is 0.491 e. The smallest absolute Gasteiger partial charge is 0.435 e. The van der Waals surface area contributed by atoms with Crippen LogP contribution in [0.2, 0.25) is 0 Å². The molecule has 148 valence electrons. The van der Waals surface area contributed by atoms with Crippen molar-refractivity contribution in [3.05, 3.63) is 47.3 Å². The molecule has 1 unspecified atom stereocenters. The fourth-order valence-corrected chi connectivity index (χ4v) is 2.63. The SMILES string of the molecule is CC(CCc1ccc(OC(C)C)cc1)NC(=O)c1cn(C)nc1C(F)(F)F. The van der Waals surface area contributed by atoms with Crippen LogP contribution in [0.4, 0.5) is 13.2 Å². The zero-order chi connectivity index (χ0) is 20.2. The molecule has 1 amide bonds. The summed E-state index contributed by atoms with van der Waals surface area (Å²) in [6.45, 7) is 5.66. The van der Waals surface area contributed by atoms with Gasteiger partial charge in [-0.1, -0.05) is 12.1 Å². The molecule has 2 aromatic rings. The number of carbonyl (C=O) groups excluding carboxylic acids is 1. The molecule has 0 spiro atoms. The molecule has 0 fully saturated rings. The van der Waals surface area contributed by atoms with Crippen molar-refractivity contribution in [3.8, 4) is 5.75 Å². The second-order valence-electron chi connectivity index (χ2n) is 6.79. The number of nitrogens with zero attached hydrogens (tertiary/aromatic N) is 2. The molecule has 1 aromatic carbocycles. The van der Waals surface area contributed by atoms with Crippen molar-refractivity contribution in [2.45, 2.75) is 51.9 Å². The first kappa shape index (κ1) is 20.8. The summed E-state index contributed by atoms with van der Waals surface area (Å²) in [6.07, 6.45) is -2.21. The number of rotatable bonds is 7. The van der Waals surface area contributed by atoms with Gasteiger partial charge < -0.3 is 10.1 Å². The number of benzene rings is 1. The number of alkyl halides is 3. The van der Waals surface area contributed by atoms with Crippen LogP contribution in [0.5, 0.6) is 5.75 Å². The van der Waals surface area contributed by atoms with E-state index in [1.54, 1.807) is 6.92 Å². The third-order valence-electron chi connectivity index (χ3n) is 3.88. The van der Waals surface area contributed by atoms with E-state index in [1.807, 2.05) is 38.1 Å². The first-order valence-electron chi connectivity index (χ1n) is 8.73. The Morgan fingerprint density at radius 1 is 1.22 bits per heavy atom. The molecule has 1 aromatic heterocycles. The van der Waals surface area contributed by atoms with Crippen LogP contribution in [0, 0.1) is 0 Å². The van der Waals surface area contributed by atoms with Gasteiger partial charge in [-0.15, -0.1) is 0 Å². The predicted octanol–water partition coefficient (Wildman–Crippen LogP) is 3.98. The second-order valence-corrected chi connectivity index (χ2v) is 6.79. The lowest BCUT2D eigenvalue weighted by atomic mass is 10.1. The highest BCUT2D eigenvalue weighted by Gasteiger charge is 2.39. The minimum atomic E-state index is -4.67. The van der Waals surface area contributed by atoms with E-state index in [0.29, 0.717) is 12.8 Å². The van der Waals surface area contributed by atoms with Crippen molar-refractivity contribution in [2.75, 3.05) is 0 Å². The molecular formula is C19H24F3N3O2. The molecule has 5 nitrogen and oxygen atoms in total. The quantitative estimate of drug-likeness (QED) is 0.787. The van der Waals surface area contributed by atoms with Crippen LogP contribution in [0.3, 0.4) is 0 Å². The van der Waals surface area contributed by atoms with Crippen LogP contribution in [-0.2, 0) is 19.6 Å². The Labute approximate surface area is 156 Å². The van der Waals surface area contributed by atoms with E-state index in [9.17, 15) is 18.0 Å². The molecule has 1 atom stereocenters. The Balaban J connectivity index is 1.92. The summed E-state index contributed by atoms with van der Waals surface area (Å²) in [5, 5.41) is 5.96. The van der Waals surface area contributed by atoms with Gasteiger partial charge in [-0.3, -0.25) is 9.48 Å². The van der Waals surface area contributed by atoms with Crippen molar-refractivity contribution < 1.29 is 22.7 Å². The Hall–Kier alpha value is -2.51. The number of nitrogens with one attached hydrogen (secondary N) is 1. The zero-order valence-corrected chi connectivity index (χ0v) is 15.8. The number of aryl methyl sites for hydroxylation is 2. The average molecular weight is 383 g/mol. The lowest BCUT2D eigenvalue weighted by Crippen LogP contribution is -2.33. The van der Waals surface area contributed by atoms with E-state index in [-0.39, 0.29) is 12.1 Å². The number of ether oxygens (including phenoxy) is 1. The van der Waals surface area contributed by atoms with Crippen molar-refractivity contribution in [3.63, 3.8) is 0 Å². The number of halogens is 3. The van der Waals surface area contributed by atoms with Gasteiger partial charge in [0.2, 0.25) is 0 Å². The first-order valence-corrected chi connectivity index (χ1v) is 8.73. The lowest BCUT2D eigenvalue weighted by Gasteiger charge is -2.15. The van der Waals surface area contributed by atoms with E-state index in [4.69, 9.17) is 4.74 Å².